The van der Waals surface area contributed by atoms with Gasteiger partial charge in [0, 0.05) is 43.5 Å². The normalized spacial score (nSPS) is 30.8. The zero-order valence-corrected chi connectivity index (χ0v) is 15.0. The molecule has 3 fully saturated rings. The zero-order chi connectivity index (χ0) is 16.4. The monoisotopic (exact) mass is 349 g/mol. The Morgan fingerprint density at radius 1 is 1.33 bits per heavy atom. The van der Waals surface area contributed by atoms with Crippen molar-refractivity contribution >= 4 is 17.2 Å². The summed E-state index contributed by atoms with van der Waals surface area (Å²) in [7, 11) is 0. The van der Waals surface area contributed by atoms with Crippen LogP contribution in [0.25, 0.3) is 0 Å². The predicted molar refractivity (Wildman–Crippen MR) is 95.1 cm³/mol. The molecule has 3 saturated heterocycles. The number of thiophene rings is 1. The molecule has 0 bridgehead atoms. The molecule has 3 aliphatic rings. The van der Waals surface area contributed by atoms with Crippen molar-refractivity contribution in [3.8, 4) is 0 Å². The molecule has 1 aromatic rings. The van der Waals surface area contributed by atoms with Crippen LogP contribution in [-0.2, 0) is 16.1 Å². The molecular weight excluding hydrogens is 322 g/mol. The van der Waals surface area contributed by atoms with Gasteiger partial charge in [-0.15, -0.1) is 11.3 Å². The van der Waals surface area contributed by atoms with Gasteiger partial charge in [-0.2, -0.15) is 0 Å². The van der Waals surface area contributed by atoms with Crippen molar-refractivity contribution in [3.63, 3.8) is 0 Å². The summed E-state index contributed by atoms with van der Waals surface area (Å²) < 4.78 is 6.06. The largest absolute Gasteiger partial charge is 0.363 e. The van der Waals surface area contributed by atoms with E-state index in [2.05, 4.69) is 32.6 Å². The average Bonchev–Trinajstić information content (AvgIpc) is 3.34. The minimum absolute atomic E-state index is 0.0830. The summed E-state index contributed by atoms with van der Waals surface area (Å²) in [6, 6.07) is 4.70. The number of hydrogen-bond donors (Lipinski definition) is 1. The van der Waals surface area contributed by atoms with Gasteiger partial charge < -0.3 is 15.0 Å². The number of ether oxygens (including phenoxy) is 1. The molecule has 132 valence electrons. The van der Waals surface area contributed by atoms with E-state index in [1.165, 1.54) is 30.8 Å². The van der Waals surface area contributed by atoms with Crippen LogP contribution >= 0.6 is 11.3 Å². The smallest absolute Gasteiger partial charge is 0.249 e. The fourth-order valence-electron chi connectivity index (χ4n) is 4.26. The second-order valence-corrected chi connectivity index (χ2v) is 8.18. The van der Waals surface area contributed by atoms with Crippen LogP contribution in [-0.4, -0.2) is 66.7 Å². The highest BCUT2D eigenvalue weighted by atomic mass is 32.1. The van der Waals surface area contributed by atoms with E-state index in [4.69, 9.17) is 4.74 Å². The van der Waals surface area contributed by atoms with Gasteiger partial charge in [-0.3, -0.25) is 9.69 Å². The number of fused-ring (bicyclic) bond motifs is 1. The SMILES string of the molecule is O=C(NCCN1CCCC1)[C@H]1C[C@H]2[C@H](CCN2Cc2cccs2)O1. The van der Waals surface area contributed by atoms with Crippen LogP contribution in [0.1, 0.15) is 30.6 Å². The molecule has 6 heteroatoms. The summed E-state index contributed by atoms with van der Waals surface area (Å²) in [5, 5.41) is 5.21. The third-order valence-corrected chi connectivity index (χ3v) is 6.41. The van der Waals surface area contributed by atoms with Gasteiger partial charge in [-0.05, 0) is 43.8 Å². The Balaban J connectivity index is 1.24. The van der Waals surface area contributed by atoms with Crippen molar-refractivity contribution in [2.45, 2.75) is 50.5 Å². The van der Waals surface area contributed by atoms with Gasteiger partial charge in [0.25, 0.3) is 0 Å². The number of amides is 1. The topological polar surface area (TPSA) is 44.8 Å². The lowest BCUT2D eigenvalue weighted by Crippen LogP contribution is -2.40. The Labute approximate surface area is 148 Å². The number of carbonyl (C=O) groups excluding carboxylic acids is 1. The number of hydrogen-bond acceptors (Lipinski definition) is 5. The first-order valence-corrected chi connectivity index (χ1v) is 10.1. The van der Waals surface area contributed by atoms with E-state index in [9.17, 15) is 4.79 Å². The van der Waals surface area contributed by atoms with Crippen LogP contribution < -0.4 is 5.32 Å². The fraction of sp³-hybridized carbons (Fsp3) is 0.722. The van der Waals surface area contributed by atoms with Crippen molar-refractivity contribution in [1.29, 1.82) is 0 Å². The molecule has 5 nitrogen and oxygen atoms in total. The van der Waals surface area contributed by atoms with Gasteiger partial charge >= 0.3 is 0 Å². The van der Waals surface area contributed by atoms with Gasteiger partial charge in [0.05, 0.1) is 6.10 Å². The van der Waals surface area contributed by atoms with Crippen LogP contribution in [0, 0.1) is 0 Å². The molecule has 3 atom stereocenters. The van der Waals surface area contributed by atoms with E-state index in [1.54, 1.807) is 0 Å². The van der Waals surface area contributed by atoms with Crippen LogP contribution in [0.5, 0.6) is 0 Å². The Hall–Kier alpha value is -0.950. The highest BCUT2D eigenvalue weighted by Crippen LogP contribution is 2.34. The van der Waals surface area contributed by atoms with Crippen LogP contribution in [0.2, 0.25) is 0 Å². The molecule has 0 aliphatic carbocycles. The van der Waals surface area contributed by atoms with Gasteiger partial charge in [0.1, 0.15) is 6.10 Å². The second kappa shape index (κ2) is 7.52. The number of nitrogens with one attached hydrogen (secondary N) is 1. The molecule has 0 saturated carbocycles. The first-order chi connectivity index (χ1) is 11.8. The summed E-state index contributed by atoms with van der Waals surface area (Å²) in [5.74, 6) is 0.0830. The minimum Gasteiger partial charge on any atom is -0.363 e. The molecular formula is C18H27N3O2S. The first kappa shape index (κ1) is 16.5. The Morgan fingerprint density at radius 3 is 3.00 bits per heavy atom. The quantitative estimate of drug-likeness (QED) is 0.849. The molecule has 0 aromatic carbocycles. The lowest BCUT2D eigenvalue weighted by atomic mass is 10.1. The highest BCUT2D eigenvalue weighted by Gasteiger charge is 2.45. The second-order valence-electron chi connectivity index (χ2n) is 7.14. The number of likely N-dealkylation sites (tertiary alicyclic amines) is 2. The van der Waals surface area contributed by atoms with E-state index in [0.717, 1.165) is 39.0 Å². The van der Waals surface area contributed by atoms with E-state index in [1.807, 2.05) is 11.3 Å². The van der Waals surface area contributed by atoms with Crippen molar-refractivity contribution in [3.05, 3.63) is 22.4 Å². The molecule has 1 N–H and O–H groups in total. The summed E-state index contributed by atoms with van der Waals surface area (Å²) in [5.41, 5.74) is 0. The van der Waals surface area contributed by atoms with Crippen molar-refractivity contribution in [1.82, 2.24) is 15.1 Å². The van der Waals surface area contributed by atoms with Crippen molar-refractivity contribution in [2.75, 3.05) is 32.7 Å². The molecule has 24 heavy (non-hydrogen) atoms. The minimum atomic E-state index is -0.260. The molecule has 1 aromatic heterocycles. The summed E-state index contributed by atoms with van der Waals surface area (Å²) >= 11 is 1.81. The molecule has 4 rings (SSSR count). The molecule has 4 heterocycles. The molecule has 0 spiro atoms. The third-order valence-electron chi connectivity index (χ3n) is 5.55. The lowest BCUT2D eigenvalue weighted by Gasteiger charge is -2.22. The average molecular weight is 350 g/mol. The van der Waals surface area contributed by atoms with Crippen molar-refractivity contribution in [2.24, 2.45) is 0 Å². The summed E-state index contributed by atoms with van der Waals surface area (Å²) in [4.78, 5) is 18.7. The molecule has 0 unspecified atom stereocenters. The Kier molecular flexibility index (Phi) is 5.17. The number of nitrogens with zero attached hydrogens (tertiary/aromatic N) is 2. The van der Waals surface area contributed by atoms with E-state index >= 15 is 0 Å². The summed E-state index contributed by atoms with van der Waals surface area (Å²) in [6.45, 7) is 6.14. The van der Waals surface area contributed by atoms with Crippen molar-refractivity contribution < 1.29 is 9.53 Å². The van der Waals surface area contributed by atoms with E-state index < -0.39 is 0 Å². The Morgan fingerprint density at radius 2 is 2.21 bits per heavy atom. The maximum Gasteiger partial charge on any atom is 0.249 e. The van der Waals surface area contributed by atoms with E-state index in [-0.39, 0.29) is 18.1 Å². The molecule has 1 amide bonds. The molecule has 0 radical (unpaired) electrons. The predicted octanol–water partition coefficient (Wildman–Crippen LogP) is 1.69. The summed E-state index contributed by atoms with van der Waals surface area (Å²) in [6.07, 6.45) is 4.45. The van der Waals surface area contributed by atoms with Gasteiger partial charge in [0.15, 0.2) is 0 Å². The van der Waals surface area contributed by atoms with Crippen LogP contribution in [0.3, 0.4) is 0 Å². The number of carbonyl (C=O) groups is 1. The third kappa shape index (κ3) is 3.67. The first-order valence-electron chi connectivity index (χ1n) is 9.21. The maximum absolute atomic E-state index is 12.4. The maximum atomic E-state index is 12.4. The number of rotatable bonds is 6. The fourth-order valence-corrected chi connectivity index (χ4v) is 4.99. The van der Waals surface area contributed by atoms with Gasteiger partial charge in [-0.25, -0.2) is 0 Å². The van der Waals surface area contributed by atoms with E-state index in [0.29, 0.717) is 6.04 Å². The molecule has 3 aliphatic heterocycles. The standard InChI is InChI=1S/C18H27N3O2S/c22-18(19-6-10-20-7-1-2-8-20)17-12-15-16(23-17)5-9-21(15)13-14-4-3-11-24-14/h3-4,11,15-17H,1-2,5-10,12-13H2,(H,19,22)/t15-,16-,17+/m0/s1. The lowest BCUT2D eigenvalue weighted by molar-refractivity contribution is -0.132. The van der Waals surface area contributed by atoms with Gasteiger partial charge in [0.2, 0.25) is 5.91 Å². The van der Waals surface area contributed by atoms with Gasteiger partial charge in [-0.1, -0.05) is 6.07 Å². The van der Waals surface area contributed by atoms with Crippen LogP contribution in [0.4, 0.5) is 0 Å². The Bertz CT molecular complexity index is 544. The zero-order valence-electron chi connectivity index (χ0n) is 14.2. The van der Waals surface area contributed by atoms with Crippen LogP contribution in [0.15, 0.2) is 17.5 Å². The highest BCUT2D eigenvalue weighted by molar-refractivity contribution is 7.09.